The standard InChI is InChI=1S/C24H32N6O5S/c31-21-16-30(36(34,35)22-10-4-5-11-25-22)12-6-9-19(21)28-24(33)20(13-17-7-2-1-3-8-17)29-23(32)18-14-26-27-15-18/h4-5,10-11,14-15,17,19-20H,1-3,6-9,12-13,16H2,(H,26,27)(H,28,33)(H,29,32)/t19-,20-/m0/s1. The number of ketones is 1. The van der Waals surface area contributed by atoms with Gasteiger partial charge in [-0.25, -0.2) is 13.4 Å². The van der Waals surface area contributed by atoms with Crippen molar-refractivity contribution in [3.8, 4) is 0 Å². The number of amides is 2. The monoisotopic (exact) mass is 516 g/mol. The normalized spacial score (nSPS) is 20.9. The second-order valence-corrected chi connectivity index (χ2v) is 11.3. The van der Waals surface area contributed by atoms with E-state index in [0.717, 1.165) is 30.0 Å². The Morgan fingerprint density at radius 1 is 1.14 bits per heavy atom. The number of H-pyrrole nitrogens is 1. The van der Waals surface area contributed by atoms with Gasteiger partial charge in [-0.15, -0.1) is 0 Å². The van der Waals surface area contributed by atoms with Crippen LogP contribution in [-0.4, -0.2) is 70.7 Å². The molecule has 1 saturated carbocycles. The van der Waals surface area contributed by atoms with E-state index in [1.165, 1.54) is 31.1 Å². The fraction of sp³-hybridized carbons (Fsp3) is 0.542. The molecule has 4 rings (SSSR count). The molecule has 2 aromatic rings. The number of carbonyl (C=O) groups is 3. The Kier molecular flexibility index (Phi) is 8.47. The van der Waals surface area contributed by atoms with Crippen molar-refractivity contribution in [2.24, 2.45) is 5.92 Å². The lowest BCUT2D eigenvalue weighted by Crippen LogP contribution is -2.53. The van der Waals surface area contributed by atoms with Gasteiger partial charge in [0.25, 0.3) is 15.9 Å². The van der Waals surface area contributed by atoms with Crippen molar-refractivity contribution in [1.82, 2.24) is 30.1 Å². The molecule has 2 aromatic heterocycles. The molecule has 0 bridgehead atoms. The predicted molar refractivity (Wildman–Crippen MR) is 130 cm³/mol. The maximum Gasteiger partial charge on any atom is 0.260 e. The Morgan fingerprint density at radius 3 is 2.64 bits per heavy atom. The molecule has 194 valence electrons. The summed E-state index contributed by atoms with van der Waals surface area (Å²) in [5.41, 5.74) is 0.317. The van der Waals surface area contributed by atoms with Crippen molar-refractivity contribution < 1.29 is 22.8 Å². The molecule has 0 aromatic carbocycles. The average Bonchev–Trinajstić information content (AvgIpc) is 3.36. The molecule has 2 fully saturated rings. The number of nitrogens with zero attached hydrogens (tertiary/aromatic N) is 3. The van der Waals surface area contributed by atoms with Gasteiger partial charge in [-0.2, -0.15) is 9.40 Å². The topological polar surface area (TPSA) is 154 Å². The Labute approximate surface area is 210 Å². The van der Waals surface area contributed by atoms with E-state index in [2.05, 4.69) is 25.8 Å². The van der Waals surface area contributed by atoms with Crippen LogP contribution in [0.5, 0.6) is 0 Å². The highest BCUT2D eigenvalue weighted by Gasteiger charge is 2.35. The Hall–Kier alpha value is -3.12. The summed E-state index contributed by atoms with van der Waals surface area (Å²) in [4.78, 5) is 42.9. The van der Waals surface area contributed by atoms with Gasteiger partial charge in [0.05, 0.1) is 24.3 Å². The summed E-state index contributed by atoms with van der Waals surface area (Å²) in [6, 6.07) is 2.95. The number of Topliss-reactive ketones (excluding diaryl/α,β-unsaturated/α-hetero) is 1. The number of carbonyl (C=O) groups excluding carboxylic acids is 3. The lowest BCUT2D eigenvalue weighted by atomic mass is 9.84. The van der Waals surface area contributed by atoms with Gasteiger partial charge < -0.3 is 10.6 Å². The van der Waals surface area contributed by atoms with E-state index < -0.39 is 39.7 Å². The highest BCUT2D eigenvalue weighted by molar-refractivity contribution is 7.89. The second-order valence-electron chi connectivity index (χ2n) is 9.43. The fourth-order valence-corrected chi connectivity index (χ4v) is 6.24. The molecule has 0 unspecified atom stereocenters. The zero-order valence-electron chi connectivity index (χ0n) is 20.1. The number of pyridine rings is 1. The molecule has 2 aliphatic rings. The maximum absolute atomic E-state index is 13.3. The smallest absolute Gasteiger partial charge is 0.260 e. The minimum absolute atomic E-state index is 0.116. The number of sulfonamides is 1. The predicted octanol–water partition coefficient (Wildman–Crippen LogP) is 1.41. The van der Waals surface area contributed by atoms with E-state index in [-0.39, 0.29) is 18.1 Å². The van der Waals surface area contributed by atoms with Crippen LogP contribution in [0, 0.1) is 5.92 Å². The van der Waals surface area contributed by atoms with Gasteiger partial charge in [0.1, 0.15) is 6.04 Å². The van der Waals surface area contributed by atoms with E-state index in [1.807, 2.05) is 0 Å². The van der Waals surface area contributed by atoms with Crippen LogP contribution in [0.4, 0.5) is 0 Å². The molecule has 11 nitrogen and oxygen atoms in total. The summed E-state index contributed by atoms with van der Waals surface area (Å²) in [6.45, 7) is -0.196. The van der Waals surface area contributed by atoms with E-state index in [0.29, 0.717) is 30.7 Å². The van der Waals surface area contributed by atoms with Gasteiger partial charge in [-0.3, -0.25) is 19.5 Å². The zero-order valence-corrected chi connectivity index (χ0v) is 20.9. The molecular weight excluding hydrogens is 484 g/mol. The highest BCUT2D eigenvalue weighted by Crippen LogP contribution is 2.27. The summed E-state index contributed by atoms with van der Waals surface area (Å²) >= 11 is 0. The molecule has 0 spiro atoms. The number of hydrogen-bond donors (Lipinski definition) is 3. The lowest BCUT2D eigenvalue weighted by Gasteiger charge is -2.27. The van der Waals surface area contributed by atoms with Crippen LogP contribution in [0.3, 0.4) is 0 Å². The van der Waals surface area contributed by atoms with E-state index >= 15 is 0 Å². The SMILES string of the molecule is O=C(N[C@@H](CC1CCCCC1)C(=O)N[C@H]1CCCN(S(=O)(=O)c2ccccn2)CC1=O)c1cn[nH]c1. The number of aromatic nitrogens is 3. The third-order valence-electron chi connectivity index (χ3n) is 6.86. The Balaban J connectivity index is 1.43. The van der Waals surface area contributed by atoms with Crippen molar-refractivity contribution >= 4 is 27.6 Å². The van der Waals surface area contributed by atoms with Gasteiger partial charge in [-0.1, -0.05) is 38.2 Å². The molecule has 2 amide bonds. The number of aromatic amines is 1. The molecular formula is C24H32N6O5S. The molecule has 1 aliphatic heterocycles. The number of hydrogen-bond acceptors (Lipinski definition) is 7. The van der Waals surface area contributed by atoms with Crippen LogP contribution in [0.25, 0.3) is 0 Å². The number of nitrogens with one attached hydrogen (secondary N) is 3. The second kappa shape index (κ2) is 11.7. The van der Waals surface area contributed by atoms with E-state index in [4.69, 9.17) is 0 Å². The fourth-order valence-electron chi connectivity index (χ4n) is 4.86. The van der Waals surface area contributed by atoms with Crippen molar-refractivity contribution in [1.29, 1.82) is 0 Å². The van der Waals surface area contributed by atoms with Crippen LogP contribution in [0.2, 0.25) is 0 Å². The zero-order chi connectivity index (χ0) is 25.5. The summed E-state index contributed by atoms with van der Waals surface area (Å²) in [6.07, 6.45) is 10.8. The first-order valence-electron chi connectivity index (χ1n) is 12.4. The van der Waals surface area contributed by atoms with Crippen LogP contribution in [0.15, 0.2) is 41.8 Å². The molecule has 12 heteroatoms. The van der Waals surface area contributed by atoms with Gasteiger partial charge in [0.15, 0.2) is 10.8 Å². The molecule has 0 radical (unpaired) electrons. The first-order chi connectivity index (χ1) is 17.3. The lowest BCUT2D eigenvalue weighted by molar-refractivity contribution is -0.129. The Bertz CT molecular complexity index is 1150. The summed E-state index contributed by atoms with van der Waals surface area (Å²) in [5, 5.41) is 11.9. The minimum atomic E-state index is -3.92. The molecule has 2 atom stereocenters. The average molecular weight is 517 g/mol. The summed E-state index contributed by atoms with van der Waals surface area (Å²) in [7, 11) is -3.92. The van der Waals surface area contributed by atoms with Crippen molar-refractivity contribution in [2.75, 3.05) is 13.1 Å². The van der Waals surface area contributed by atoms with Crippen LogP contribution >= 0.6 is 0 Å². The third-order valence-corrected chi connectivity index (χ3v) is 8.62. The highest BCUT2D eigenvalue weighted by atomic mass is 32.2. The van der Waals surface area contributed by atoms with Gasteiger partial charge >= 0.3 is 0 Å². The summed E-state index contributed by atoms with van der Waals surface area (Å²) in [5.74, 6) is -0.933. The largest absolute Gasteiger partial charge is 0.344 e. The third kappa shape index (κ3) is 6.35. The molecule has 1 saturated heterocycles. The van der Waals surface area contributed by atoms with Gasteiger partial charge in [-0.05, 0) is 37.3 Å². The van der Waals surface area contributed by atoms with Crippen LogP contribution in [-0.2, 0) is 19.6 Å². The number of rotatable bonds is 8. The molecule has 3 heterocycles. The van der Waals surface area contributed by atoms with Gasteiger partial charge in [0, 0.05) is 18.9 Å². The van der Waals surface area contributed by atoms with Gasteiger partial charge in [0.2, 0.25) is 5.91 Å². The van der Waals surface area contributed by atoms with Crippen molar-refractivity contribution in [2.45, 2.75) is 68.5 Å². The minimum Gasteiger partial charge on any atom is -0.344 e. The maximum atomic E-state index is 13.3. The van der Waals surface area contributed by atoms with Crippen LogP contribution in [0.1, 0.15) is 61.7 Å². The molecule has 1 aliphatic carbocycles. The first-order valence-corrected chi connectivity index (χ1v) is 13.8. The van der Waals surface area contributed by atoms with Crippen molar-refractivity contribution in [3.05, 3.63) is 42.4 Å². The molecule has 3 N–H and O–H groups in total. The summed E-state index contributed by atoms with van der Waals surface area (Å²) < 4.78 is 27.0. The van der Waals surface area contributed by atoms with Crippen molar-refractivity contribution in [3.63, 3.8) is 0 Å². The molecule has 36 heavy (non-hydrogen) atoms. The van der Waals surface area contributed by atoms with E-state index in [1.54, 1.807) is 12.1 Å². The quantitative estimate of drug-likeness (QED) is 0.479. The van der Waals surface area contributed by atoms with Crippen LogP contribution < -0.4 is 10.6 Å². The van der Waals surface area contributed by atoms with E-state index in [9.17, 15) is 22.8 Å². The first kappa shape index (κ1) is 26.0. The Morgan fingerprint density at radius 2 is 1.94 bits per heavy atom.